The maximum atomic E-state index is 13.9. The first-order chi connectivity index (χ1) is 19.5. The molecule has 0 aliphatic carbocycles. The van der Waals surface area contributed by atoms with Crippen LogP contribution in [-0.4, -0.2) is 41.8 Å². The van der Waals surface area contributed by atoms with E-state index in [1.807, 2.05) is 91.9 Å². The van der Waals surface area contributed by atoms with E-state index < -0.39 is 6.04 Å². The first kappa shape index (κ1) is 27.4. The van der Waals surface area contributed by atoms with Crippen LogP contribution in [0.25, 0.3) is 10.8 Å². The SMILES string of the molecule is CCNC(=O)C(Cc1ccccc1)N(Cc1ccccc1Cl)C(=O)CCCN1C(=O)c2cccc3cccc1c23. The van der Waals surface area contributed by atoms with Crippen molar-refractivity contribution < 1.29 is 14.4 Å². The van der Waals surface area contributed by atoms with Crippen molar-refractivity contribution in [3.05, 3.63) is 113 Å². The molecule has 4 aromatic carbocycles. The highest BCUT2D eigenvalue weighted by Gasteiger charge is 2.32. The van der Waals surface area contributed by atoms with E-state index in [9.17, 15) is 14.4 Å². The Balaban J connectivity index is 1.37. The molecule has 0 spiro atoms. The topological polar surface area (TPSA) is 69.7 Å². The van der Waals surface area contributed by atoms with E-state index in [0.717, 1.165) is 27.6 Å². The molecule has 204 valence electrons. The largest absolute Gasteiger partial charge is 0.355 e. The summed E-state index contributed by atoms with van der Waals surface area (Å²) >= 11 is 6.49. The molecule has 0 fully saturated rings. The van der Waals surface area contributed by atoms with Crippen LogP contribution < -0.4 is 10.2 Å². The molecule has 1 N–H and O–H groups in total. The summed E-state index contributed by atoms with van der Waals surface area (Å²) in [6.07, 6.45) is 1.03. The fraction of sp³-hybridized carbons (Fsp3) is 0.242. The average Bonchev–Trinajstić information content (AvgIpc) is 3.24. The summed E-state index contributed by atoms with van der Waals surface area (Å²) in [6, 6.07) is 28.0. The molecule has 3 amide bonds. The maximum absolute atomic E-state index is 13.9. The lowest BCUT2D eigenvalue weighted by atomic mass is 10.0. The molecule has 1 aliphatic heterocycles. The second-order valence-corrected chi connectivity index (χ2v) is 10.4. The fourth-order valence-corrected chi connectivity index (χ4v) is 5.58. The van der Waals surface area contributed by atoms with Crippen molar-refractivity contribution in [2.45, 2.75) is 38.8 Å². The highest BCUT2D eigenvalue weighted by molar-refractivity contribution is 6.31. The van der Waals surface area contributed by atoms with Crippen molar-refractivity contribution in [1.29, 1.82) is 0 Å². The summed E-state index contributed by atoms with van der Waals surface area (Å²) in [6.45, 7) is 2.94. The minimum absolute atomic E-state index is 0.0450. The molecule has 0 aromatic heterocycles. The maximum Gasteiger partial charge on any atom is 0.258 e. The summed E-state index contributed by atoms with van der Waals surface area (Å²) in [7, 11) is 0. The molecule has 7 heteroatoms. The number of carbonyl (C=O) groups excluding carboxylic acids is 3. The van der Waals surface area contributed by atoms with E-state index in [1.54, 1.807) is 15.9 Å². The summed E-state index contributed by atoms with van der Waals surface area (Å²) in [4.78, 5) is 43.8. The number of rotatable bonds is 11. The number of hydrogen-bond acceptors (Lipinski definition) is 3. The van der Waals surface area contributed by atoms with E-state index in [4.69, 9.17) is 11.6 Å². The van der Waals surface area contributed by atoms with Gasteiger partial charge in [-0.2, -0.15) is 0 Å². The van der Waals surface area contributed by atoms with Crippen molar-refractivity contribution in [2.24, 2.45) is 0 Å². The molecule has 0 saturated heterocycles. The first-order valence-electron chi connectivity index (χ1n) is 13.7. The zero-order chi connectivity index (χ0) is 28.1. The van der Waals surface area contributed by atoms with Gasteiger partial charge < -0.3 is 15.1 Å². The van der Waals surface area contributed by atoms with Crippen molar-refractivity contribution in [2.75, 3.05) is 18.0 Å². The van der Waals surface area contributed by atoms with E-state index in [0.29, 0.717) is 36.5 Å². The van der Waals surface area contributed by atoms with Gasteiger partial charge >= 0.3 is 0 Å². The first-order valence-corrected chi connectivity index (χ1v) is 14.0. The normalized spacial score (nSPS) is 12.9. The van der Waals surface area contributed by atoms with Crippen molar-refractivity contribution in [3.63, 3.8) is 0 Å². The Kier molecular flexibility index (Phi) is 8.46. The third kappa shape index (κ3) is 5.73. The number of halogens is 1. The average molecular weight is 554 g/mol. The summed E-state index contributed by atoms with van der Waals surface area (Å²) in [5.74, 6) is -0.408. The molecule has 1 aliphatic rings. The van der Waals surface area contributed by atoms with Gasteiger partial charge in [0, 0.05) is 48.4 Å². The summed E-state index contributed by atoms with van der Waals surface area (Å²) in [5, 5.41) is 5.44. The minimum Gasteiger partial charge on any atom is -0.355 e. The number of amides is 3. The molecule has 1 unspecified atom stereocenters. The second-order valence-electron chi connectivity index (χ2n) is 9.95. The number of nitrogens with zero attached hydrogens (tertiary/aromatic N) is 2. The van der Waals surface area contributed by atoms with E-state index >= 15 is 0 Å². The Morgan fingerprint density at radius 1 is 0.925 bits per heavy atom. The molecular formula is C33H32ClN3O3. The Morgan fingerprint density at radius 2 is 1.65 bits per heavy atom. The molecule has 40 heavy (non-hydrogen) atoms. The predicted molar refractivity (Wildman–Crippen MR) is 159 cm³/mol. The Hall–Kier alpha value is -4.16. The zero-order valence-electron chi connectivity index (χ0n) is 22.5. The van der Waals surface area contributed by atoms with E-state index in [1.165, 1.54) is 0 Å². The molecule has 0 bridgehead atoms. The highest BCUT2D eigenvalue weighted by Crippen LogP contribution is 2.37. The van der Waals surface area contributed by atoms with Gasteiger partial charge in [0.25, 0.3) is 5.91 Å². The standard InChI is InChI=1S/C33H32ClN3O3/c1-2-35-32(39)29(21-23-11-4-3-5-12-23)37(22-25-13-6-7-17-27(25)34)30(38)19-10-20-36-28-18-9-15-24-14-8-16-26(31(24)28)33(36)40/h3-9,11-18,29H,2,10,19-22H2,1H3,(H,35,39). The van der Waals surface area contributed by atoms with Crippen LogP contribution in [0.4, 0.5) is 5.69 Å². The quantitative estimate of drug-likeness (QED) is 0.247. The van der Waals surface area contributed by atoms with Crippen LogP contribution in [-0.2, 0) is 22.6 Å². The third-order valence-electron chi connectivity index (χ3n) is 7.34. The predicted octanol–water partition coefficient (Wildman–Crippen LogP) is 6.01. The second kappa shape index (κ2) is 12.3. The lowest BCUT2D eigenvalue weighted by Gasteiger charge is -2.32. The Morgan fingerprint density at radius 3 is 2.40 bits per heavy atom. The van der Waals surface area contributed by atoms with Crippen LogP contribution in [0.15, 0.2) is 91.0 Å². The lowest BCUT2D eigenvalue weighted by molar-refractivity contribution is -0.141. The minimum atomic E-state index is -0.711. The Bertz CT molecular complexity index is 1530. The summed E-state index contributed by atoms with van der Waals surface area (Å²) < 4.78 is 0. The van der Waals surface area contributed by atoms with Crippen molar-refractivity contribution in [1.82, 2.24) is 10.2 Å². The molecule has 1 heterocycles. The van der Waals surface area contributed by atoms with Gasteiger partial charge in [0.2, 0.25) is 11.8 Å². The van der Waals surface area contributed by atoms with Gasteiger partial charge in [-0.1, -0.05) is 84.4 Å². The van der Waals surface area contributed by atoms with Crippen LogP contribution in [0.2, 0.25) is 5.02 Å². The number of nitrogens with one attached hydrogen (secondary N) is 1. The van der Waals surface area contributed by atoms with E-state index in [2.05, 4.69) is 5.32 Å². The number of carbonyl (C=O) groups is 3. The van der Waals surface area contributed by atoms with Gasteiger partial charge in [-0.15, -0.1) is 0 Å². The van der Waals surface area contributed by atoms with Gasteiger partial charge in [-0.25, -0.2) is 0 Å². The van der Waals surface area contributed by atoms with Crippen LogP contribution in [0.1, 0.15) is 41.3 Å². The molecule has 5 rings (SSSR count). The van der Waals surface area contributed by atoms with Gasteiger partial charge in [0.15, 0.2) is 0 Å². The molecule has 1 atom stereocenters. The van der Waals surface area contributed by atoms with Crippen LogP contribution >= 0.6 is 11.6 Å². The van der Waals surface area contributed by atoms with Crippen LogP contribution in [0.5, 0.6) is 0 Å². The van der Waals surface area contributed by atoms with Crippen molar-refractivity contribution in [3.8, 4) is 0 Å². The van der Waals surface area contributed by atoms with Crippen molar-refractivity contribution >= 4 is 45.8 Å². The molecule has 0 radical (unpaired) electrons. The lowest BCUT2D eigenvalue weighted by Crippen LogP contribution is -2.50. The highest BCUT2D eigenvalue weighted by atomic mass is 35.5. The van der Waals surface area contributed by atoms with Crippen LogP contribution in [0, 0.1) is 0 Å². The number of likely N-dealkylation sites (N-methyl/N-ethyl adjacent to an activating group) is 1. The monoisotopic (exact) mass is 553 g/mol. The number of hydrogen-bond donors (Lipinski definition) is 1. The Labute approximate surface area is 239 Å². The zero-order valence-corrected chi connectivity index (χ0v) is 23.2. The van der Waals surface area contributed by atoms with Gasteiger partial charge in [-0.05, 0) is 48.1 Å². The molecular weight excluding hydrogens is 522 g/mol. The fourth-order valence-electron chi connectivity index (χ4n) is 5.39. The number of benzene rings is 4. The van der Waals surface area contributed by atoms with Gasteiger partial charge in [0.05, 0.1) is 5.69 Å². The smallest absolute Gasteiger partial charge is 0.258 e. The van der Waals surface area contributed by atoms with Gasteiger partial charge in [-0.3, -0.25) is 14.4 Å². The molecule has 4 aromatic rings. The number of anilines is 1. The van der Waals surface area contributed by atoms with E-state index in [-0.39, 0.29) is 30.7 Å². The van der Waals surface area contributed by atoms with Gasteiger partial charge in [0.1, 0.15) is 6.04 Å². The molecule has 6 nitrogen and oxygen atoms in total. The third-order valence-corrected chi connectivity index (χ3v) is 7.71. The summed E-state index contributed by atoms with van der Waals surface area (Å²) in [5.41, 5.74) is 3.31. The van der Waals surface area contributed by atoms with Crippen LogP contribution in [0.3, 0.4) is 0 Å². The molecule has 0 saturated carbocycles.